The number of nitrogens with one attached hydrogen (secondary N) is 1. The first-order chi connectivity index (χ1) is 14.1. The van der Waals surface area contributed by atoms with E-state index in [0.717, 1.165) is 21.2 Å². The van der Waals surface area contributed by atoms with Crippen molar-refractivity contribution in [3.05, 3.63) is 83.1 Å². The Kier molecular flexibility index (Phi) is 4.71. The molecule has 1 heterocycles. The summed E-state index contributed by atoms with van der Waals surface area (Å²) in [6.07, 6.45) is 1.64. The summed E-state index contributed by atoms with van der Waals surface area (Å²) in [5.41, 5.74) is 2.20. The average molecular weight is 383 g/mol. The average Bonchev–Trinajstić information content (AvgIpc) is 3.00. The number of hydrogen-bond donors (Lipinski definition) is 1. The quantitative estimate of drug-likeness (QED) is 0.549. The minimum absolute atomic E-state index is 0.191. The van der Waals surface area contributed by atoms with E-state index in [1.165, 1.54) is 7.05 Å². The van der Waals surface area contributed by atoms with Crippen LogP contribution in [0.2, 0.25) is 0 Å². The second kappa shape index (κ2) is 7.49. The SMILES string of the molecule is CN1C(=O)N/C(=C/c2c(OCc3ccccc3C#N)ccc3ccccc23)C1=O. The molecule has 29 heavy (non-hydrogen) atoms. The first kappa shape index (κ1) is 18.3. The summed E-state index contributed by atoms with van der Waals surface area (Å²) in [6, 6.07) is 20.4. The van der Waals surface area contributed by atoms with Crippen LogP contribution in [0.5, 0.6) is 5.75 Å². The van der Waals surface area contributed by atoms with E-state index in [2.05, 4.69) is 11.4 Å². The fraction of sp³-hybridized carbons (Fsp3) is 0.0870. The first-order valence-electron chi connectivity index (χ1n) is 9.02. The van der Waals surface area contributed by atoms with E-state index in [1.54, 1.807) is 18.2 Å². The molecule has 0 radical (unpaired) electrons. The fourth-order valence-electron chi connectivity index (χ4n) is 3.23. The molecule has 0 saturated carbocycles. The van der Waals surface area contributed by atoms with Gasteiger partial charge in [-0.25, -0.2) is 4.79 Å². The molecule has 0 aliphatic carbocycles. The second-order valence-electron chi connectivity index (χ2n) is 6.61. The van der Waals surface area contributed by atoms with E-state index in [0.29, 0.717) is 16.9 Å². The molecule has 0 bridgehead atoms. The number of likely N-dealkylation sites (N-methyl/N-ethyl adjacent to an activating group) is 1. The Morgan fingerprint density at radius 3 is 2.59 bits per heavy atom. The number of rotatable bonds is 4. The van der Waals surface area contributed by atoms with Gasteiger partial charge in [0.15, 0.2) is 0 Å². The van der Waals surface area contributed by atoms with E-state index < -0.39 is 11.9 Å². The Bertz CT molecular complexity index is 1210. The van der Waals surface area contributed by atoms with E-state index in [-0.39, 0.29) is 12.3 Å². The molecule has 1 fully saturated rings. The van der Waals surface area contributed by atoms with Crippen molar-refractivity contribution in [2.45, 2.75) is 6.61 Å². The van der Waals surface area contributed by atoms with Gasteiger partial charge in [-0.1, -0.05) is 48.5 Å². The standard InChI is InChI=1S/C23H17N3O3/c1-26-22(27)20(25-23(26)28)12-19-18-9-5-4-6-15(18)10-11-21(19)29-14-17-8-3-2-7-16(17)13-24/h2-12H,14H2,1H3,(H,25,28)/b20-12+. The smallest absolute Gasteiger partial charge is 0.328 e. The molecule has 1 saturated heterocycles. The Morgan fingerprint density at radius 2 is 1.83 bits per heavy atom. The number of urea groups is 1. The molecule has 0 atom stereocenters. The van der Waals surface area contributed by atoms with E-state index in [1.807, 2.05) is 48.5 Å². The van der Waals surface area contributed by atoms with Crippen molar-refractivity contribution >= 4 is 28.8 Å². The highest BCUT2D eigenvalue weighted by Gasteiger charge is 2.30. The maximum Gasteiger partial charge on any atom is 0.328 e. The Labute approximate surface area is 167 Å². The molecule has 142 valence electrons. The largest absolute Gasteiger partial charge is 0.488 e. The number of carbonyl (C=O) groups is 2. The molecule has 3 amide bonds. The van der Waals surface area contributed by atoms with E-state index in [4.69, 9.17) is 4.74 Å². The molecule has 0 unspecified atom stereocenters. The summed E-state index contributed by atoms with van der Waals surface area (Å²) in [5, 5.41) is 13.7. The van der Waals surface area contributed by atoms with Gasteiger partial charge in [0, 0.05) is 18.2 Å². The van der Waals surface area contributed by atoms with Crippen LogP contribution in [0.25, 0.3) is 16.8 Å². The van der Waals surface area contributed by atoms with Crippen molar-refractivity contribution in [2.24, 2.45) is 0 Å². The van der Waals surface area contributed by atoms with Crippen LogP contribution in [0.4, 0.5) is 4.79 Å². The van der Waals surface area contributed by atoms with Gasteiger partial charge in [-0.05, 0) is 29.0 Å². The highest BCUT2D eigenvalue weighted by Crippen LogP contribution is 2.31. The van der Waals surface area contributed by atoms with Gasteiger partial charge in [-0.15, -0.1) is 0 Å². The third kappa shape index (κ3) is 3.42. The monoisotopic (exact) mass is 383 g/mol. The van der Waals surface area contributed by atoms with Crippen molar-refractivity contribution in [3.8, 4) is 11.8 Å². The van der Waals surface area contributed by atoms with Crippen molar-refractivity contribution in [3.63, 3.8) is 0 Å². The number of benzene rings is 3. The van der Waals surface area contributed by atoms with Crippen LogP contribution >= 0.6 is 0 Å². The molecule has 6 nitrogen and oxygen atoms in total. The van der Waals surface area contributed by atoms with Gasteiger partial charge in [-0.3, -0.25) is 9.69 Å². The zero-order chi connectivity index (χ0) is 20.4. The minimum Gasteiger partial charge on any atom is -0.488 e. The zero-order valence-electron chi connectivity index (χ0n) is 15.7. The molecule has 0 spiro atoms. The van der Waals surface area contributed by atoms with Crippen molar-refractivity contribution in [2.75, 3.05) is 7.05 Å². The minimum atomic E-state index is -0.466. The molecule has 6 heteroatoms. The Hall–Kier alpha value is -4.11. The summed E-state index contributed by atoms with van der Waals surface area (Å²) in [6.45, 7) is 0.207. The third-order valence-electron chi connectivity index (χ3n) is 4.82. The summed E-state index contributed by atoms with van der Waals surface area (Å²) in [4.78, 5) is 25.2. The van der Waals surface area contributed by atoms with Crippen LogP contribution in [0.1, 0.15) is 16.7 Å². The van der Waals surface area contributed by atoms with E-state index in [9.17, 15) is 14.9 Å². The van der Waals surface area contributed by atoms with Crippen LogP contribution in [0.3, 0.4) is 0 Å². The van der Waals surface area contributed by atoms with Gasteiger partial charge in [-0.2, -0.15) is 5.26 Å². The molecule has 3 aromatic rings. The number of imide groups is 1. The zero-order valence-corrected chi connectivity index (χ0v) is 15.7. The van der Waals surface area contributed by atoms with E-state index >= 15 is 0 Å². The lowest BCUT2D eigenvalue weighted by Gasteiger charge is -2.13. The summed E-state index contributed by atoms with van der Waals surface area (Å²) in [7, 11) is 1.43. The van der Waals surface area contributed by atoms with Crippen LogP contribution in [0.15, 0.2) is 66.4 Å². The molecule has 4 rings (SSSR count). The molecule has 1 aliphatic heterocycles. The lowest BCUT2D eigenvalue weighted by Crippen LogP contribution is -2.25. The first-order valence-corrected chi connectivity index (χ1v) is 9.02. The normalized spacial score (nSPS) is 14.9. The number of nitriles is 1. The highest BCUT2D eigenvalue weighted by molar-refractivity contribution is 6.14. The summed E-state index contributed by atoms with van der Waals surface area (Å²) < 4.78 is 6.04. The second-order valence-corrected chi connectivity index (χ2v) is 6.61. The van der Waals surface area contributed by atoms with Gasteiger partial charge < -0.3 is 10.1 Å². The predicted molar refractivity (Wildman–Crippen MR) is 109 cm³/mol. The Morgan fingerprint density at radius 1 is 1.07 bits per heavy atom. The molecule has 0 aromatic heterocycles. The van der Waals surface area contributed by atoms with Gasteiger partial charge in [0.1, 0.15) is 18.1 Å². The topological polar surface area (TPSA) is 82.4 Å². The van der Waals surface area contributed by atoms with Crippen LogP contribution in [0, 0.1) is 11.3 Å². The number of carbonyl (C=O) groups excluding carboxylic acids is 2. The number of amides is 3. The van der Waals surface area contributed by atoms with Crippen LogP contribution in [-0.2, 0) is 11.4 Å². The maximum absolute atomic E-state index is 12.3. The van der Waals surface area contributed by atoms with Gasteiger partial charge in [0.05, 0.1) is 11.6 Å². The predicted octanol–water partition coefficient (Wildman–Crippen LogP) is 3.81. The lowest BCUT2D eigenvalue weighted by atomic mass is 10.0. The van der Waals surface area contributed by atoms with Crippen molar-refractivity contribution in [1.29, 1.82) is 5.26 Å². The number of hydrogen-bond acceptors (Lipinski definition) is 4. The fourth-order valence-corrected chi connectivity index (χ4v) is 3.23. The van der Waals surface area contributed by atoms with Gasteiger partial charge in [0.2, 0.25) is 0 Å². The van der Waals surface area contributed by atoms with Gasteiger partial charge in [0.25, 0.3) is 5.91 Å². The summed E-state index contributed by atoms with van der Waals surface area (Å²) in [5.74, 6) is 0.157. The molecular formula is C23H17N3O3. The number of ether oxygens (including phenoxy) is 1. The highest BCUT2D eigenvalue weighted by atomic mass is 16.5. The van der Waals surface area contributed by atoms with Crippen LogP contribution in [-0.4, -0.2) is 23.9 Å². The molecule has 1 N–H and O–H groups in total. The third-order valence-corrected chi connectivity index (χ3v) is 4.82. The van der Waals surface area contributed by atoms with Crippen molar-refractivity contribution in [1.82, 2.24) is 10.2 Å². The number of fused-ring (bicyclic) bond motifs is 1. The Balaban J connectivity index is 1.77. The number of nitrogens with zero attached hydrogens (tertiary/aromatic N) is 2. The van der Waals surface area contributed by atoms with Crippen LogP contribution < -0.4 is 10.1 Å². The molecule has 3 aromatic carbocycles. The van der Waals surface area contributed by atoms with Gasteiger partial charge >= 0.3 is 6.03 Å². The van der Waals surface area contributed by atoms with Crippen molar-refractivity contribution < 1.29 is 14.3 Å². The molecule has 1 aliphatic rings. The summed E-state index contributed by atoms with van der Waals surface area (Å²) >= 11 is 0. The maximum atomic E-state index is 12.3. The molecular weight excluding hydrogens is 366 g/mol. The lowest BCUT2D eigenvalue weighted by molar-refractivity contribution is -0.121.